The van der Waals surface area contributed by atoms with Crippen LogP contribution in [0, 0.1) is 0 Å². The SMILES string of the molecule is CCOC(=O)CN1C(=O)S/C(=C\c2c(OS(=O)(=O)c3ccc(Cl)cc3)ccc3ccccc23)C1=O. The molecule has 0 aromatic heterocycles. The molecular formula is C24H18ClNO7S2. The van der Waals surface area contributed by atoms with Crippen molar-refractivity contribution < 1.29 is 31.7 Å². The number of imide groups is 1. The first-order chi connectivity index (χ1) is 16.7. The number of fused-ring (bicyclic) bond motifs is 1. The Kier molecular flexibility index (Phi) is 7.15. The summed E-state index contributed by atoms with van der Waals surface area (Å²) in [5.74, 6) is -1.43. The Bertz CT molecular complexity index is 1470. The number of ether oxygens (including phenoxy) is 1. The van der Waals surface area contributed by atoms with Gasteiger partial charge >= 0.3 is 16.1 Å². The van der Waals surface area contributed by atoms with Gasteiger partial charge in [-0.3, -0.25) is 19.3 Å². The lowest BCUT2D eigenvalue weighted by atomic mass is 10.0. The second kappa shape index (κ2) is 10.1. The molecular weight excluding hydrogens is 514 g/mol. The van der Waals surface area contributed by atoms with Crippen molar-refractivity contribution in [3.05, 3.63) is 76.2 Å². The van der Waals surface area contributed by atoms with Crippen LogP contribution in [-0.4, -0.2) is 43.6 Å². The maximum absolute atomic E-state index is 12.9. The van der Waals surface area contributed by atoms with E-state index >= 15 is 0 Å². The minimum absolute atomic E-state index is 0.0180. The molecule has 0 saturated carbocycles. The minimum Gasteiger partial charge on any atom is -0.465 e. The normalized spacial score (nSPS) is 15.1. The number of amides is 2. The number of thioether (sulfide) groups is 1. The van der Waals surface area contributed by atoms with Crippen molar-refractivity contribution in [3.63, 3.8) is 0 Å². The molecule has 0 atom stereocenters. The molecule has 3 aromatic carbocycles. The number of hydrogen-bond acceptors (Lipinski definition) is 8. The molecule has 1 saturated heterocycles. The van der Waals surface area contributed by atoms with Gasteiger partial charge in [0.2, 0.25) is 0 Å². The second-order valence-corrected chi connectivity index (χ2v) is 10.2. The van der Waals surface area contributed by atoms with E-state index in [1.54, 1.807) is 25.1 Å². The highest BCUT2D eigenvalue weighted by atomic mass is 35.5. The number of rotatable bonds is 7. The van der Waals surface area contributed by atoms with E-state index in [0.29, 0.717) is 27.7 Å². The van der Waals surface area contributed by atoms with Crippen LogP contribution in [0.2, 0.25) is 5.02 Å². The van der Waals surface area contributed by atoms with Crippen LogP contribution >= 0.6 is 23.4 Å². The van der Waals surface area contributed by atoms with Gasteiger partial charge in [-0.25, -0.2) is 0 Å². The molecule has 2 amide bonds. The molecule has 1 heterocycles. The highest BCUT2D eigenvalue weighted by Gasteiger charge is 2.37. The standard InChI is InChI=1S/C24H18ClNO7S2/c1-2-32-22(27)14-26-23(28)21(34-24(26)29)13-19-18-6-4-3-5-15(18)7-12-20(19)33-35(30,31)17-10-8-16(25)9-11-17/h3-13H,2,14H2,1H3/b21-13-. The first-order valence-electron chi connectivity index (χ1n) is 10.3. The average molecular weight is 532 g/mol. The zero-order valence-electron chi connectivity index (χ0n) is 18.3. The van der Waals surface area contributed by atoms with E-state index in [4.69, 9.17) is 20.5 Å². The van der Waals surface area contributed by atoms with E-state index in [-0.39, 0.29) is 22.2 Å². The number of nitrogens with zero attached hydrogens (tertiary/aromatic N) is 1. The van der Waals surface area contributed by atoms with E-state index in [9.17, 15) is 22.8 Å². The van der Waals surface area contributed by atoms with Crippen LogP contribution in [0.15, 0.2) is 70.5 Å². The smallest absolute Gasteiger partial charge is 0.339 e. The summed E-state index contributed by atoms with van der Waals surface area (Å²) >= 11 is 6.50. The average Bonchev–Trinajstić information content (AvgIpc) is 3.08. The van der Waals surface area contributed by atoms with Crippen molar-refractivity contribution in [1.29, 1.82) is 0 Å². The summed E-state index contributed by atoms with van der Waals surface area (Å²) in [6.07, 6.45) is 1.39. The topological polar surface area (TPSA) is 107 Å². The molecule has 180 valence electrons. The summed E-state index contributed by atoms with van der Waals surface area (Å²) in [6, 6.07) is 15.8. The fraction of sp³-hybridized carbons (Fsp3) is 0.125. The number of halogens is 1. The molecule has 8 nitrogen and oxygen atoms in total. The maximum atomic E-state index is 12.9. The Hall–Kier alpha value is -3.34. The number of hydrogen-bond donors (Lipinski definition) is 0. The largest absolute Gasteiger partial charge is 0.465 e. The van der Waals surface area contributed by atoms with Gasteiger partial charge in [0.15, 0.2) is 5.75 Å². The molecule has 0 unspecified atom stereocenters. The van der Waals surface area contributed by atoms with Gasteiger partial charge < -0.3 is 8.92 Å². The van der Waals surface area contributed by atoms with Crippen LogP contribution in [0.25, 0.3) is 16.8 Å². The van der Waals surface area contributed by atoms with Crippen molar-refractivity contribution in [1.82, 2.24) is 4.90 Å². The third kappa shape index (κ3) is 5.34. The Balaban J connectivity index is 1.75. The Morgan fingerprint density at radius 3 is 2.49 bits per heavy atom. The molecule has 35 heavy (non-hydrogen) atoms. The quantitative estimate of drug-likeness (QED) is 0.242. The summed E-state index contributed by atoms with van der Waals surface area (Å²) in [5, 5.41) is 1.11. The molecule has 1 fully saturated rings. The van der Waals surface area contributed by atoms with Crippen LogP contribution in [0.5, 0.6) is 5.75 Å². The molecule has 4 rings (SSSR count). The number of esters is 1. The minimum atomic E-state index is -4.23. The lowest BCUT2D eigenvalue weighted by Crippen LogP contribution is -2.34. The molecule has 0 aliphatic carbocycles. The fourth-order valence-corrected chi connectivity index (χ4v) is 5.26. The van der Waals surface area contributed by atoms with E-state index < -0.39 is 33.8 Å². The van der Waals surface area contributed by atoms with Crippen molar-refractivity contribution in [3.8, 4) is 5.75 Å². The summed E-state index contributed by atoms with van der Waals surface area (Å²) in [7, 11) is -4.23. The van der Waals surface area contributed by atoms with Gasteiger partial charge in [-0.1, -0.05) is 41.9 Å². The first-order valence-corrected chi connectivity index (χ1v) is 12.9. The fourth-order valence-electron chi connectivity index (χ4n) is 3.37. The highest BCUT2D eigenvalue weighted by Crippen LogP contribution is 2.37. The molecule has 1 aliphatic heterocycles. The van der Waals surface area contributed by atoms with Crippen LogP contribution in [-0.2, 0) is 24.4 Å². The molecule has 0 spiro atoms. The highest BCUT2D eigenvalue weighted by molar-refractivity contribution is 8.18. The number of carbonyl (C=O) groups excluding carboxylic acids is 3. The molecule has 0 radical (unpaired) electrons. The van der Waals surface area contributed by atoms with E-state index in [2.05, 4.69) is 0 Å². The van der Waals surface area contributed by atoms with Crippen LogP contribution in [0.3, 0.4) is 0 Å². The summed E-state index contributed by atoms with van der Waals surface area (Å²) < 4.78 is 36.1. The van der Waals surface area contributed by atoms with Crippen LogP contribution < -0.4 is 4.18 Å². The zero-order chi connectivity index (χ0) is 25.2. The van der Waals surface area contributed by atoms with Gasteiger partial charge in [-0.05, 0) is 65.9 Å². The third-order valence-corrected chi connectivity index (χ3v) is 7.38. The van der Waals surface area contributed by atoms with Crippen LogP contribution in [0.1, 0.15) is 12.5 Å². The molecule has 0 bridgehead atoms. The van der Waals surface area contributed by atoms with Crippen LogP contribution in [0.4, 0.5) is 4.79 Å². The second-order valence-electron chi connectivity index (χ2n) is 7.26. The Labute approximate surface area is 210 Å². The van der Waals surface area contributed by atoms with Gasteiger partial charge in [0.05, 0.1) is 11.5 Å². The van der Waals surface area contributed by atoms with Gasteiger partial charge in [-0.15, -0.1) is 0 Å². The molecule has 3 aromatic rings. The monoisotopic (exact) mass is 531 g/mol. The Morgan fingerprint density at radius 1 is 1.06 bits per heavy atom. The number of benzene rings is 3. The Morgan fingerprint density at radius 2 is 1.77 bits per heavy atom. The van der Waals surface area contributed by atoms with E-state index in [1.165, 1.54) is 36.4 Å². The van der Waals surface area contributed by atoms with Gasteiger partial charge in [0.25, 0.3) is 11.1 Å². The van der Waals surface area contributed by atoms with Crippen molar-refractivity contribution in [2.45, 2.75) is 11.8 Å². The molecule has 11 heteroatoms. The maximum Gasteiger partial charge on any atom is 0.339 e. The predicted molar refractivity (Wildman–Crippen MR) is 133 cm³/mol. The van der Waals surface area contributed by atoms with Crippen molar-refractivity contribution in [2.75, 3.05) is 13.2 Å². The van der Waals surface area contributed by atoms with Crippen molar-refractivity contribution >= 4 is 67.4 Å². The van der Waals surface area contributed by atoms with E-state index in [0.717, 1.165) is 10.3 Å². The third-order valence-electron chi connectivity index (χ3n) is 4.97. The lowest BCUT2D eigenvalue weighted by molar-refractivity contribution is -0.145. The summed E-state index contributed by atoms with van der Waals surface area (Å²) in [5.41, 5.74) is 0.294. The van der Waals surface area contributed by atoms with Gasteiger partial charge in [-0.2, -0.15) is 8.42 Å². The summed E-state index contributed by atoms with van der Waals surface area (Å²) in [4.78, 5) is 37.8. The zero-order valence-corrected chi connectivity index (χ0v) is 20.7. The lowest BCUT2D eigenvalue weighted by Gasteiger charge is -2.13. The van der Waals surface area contributed by atoms with Crippen molar-refractivity contribution in [2.24, 2.45) is 0 Å². The first kappa shape index (κ1) is 24.8. The predicted octanol–water partition coefficient (Wildman–Crippen LogP) is 4.86. The summed E-state index contributed by atoms with van der Waals surface area (Å²) in [6.45, 7) is 1.22. The molecule has 0 N–H and O–H groups in total. The van der Waals surface area contributed by atoms with Gasteiger partial charge in [0, 0.05) is 10.6 Å². The van der Waals surface area contributed by atoms with Gasteiger partial charge in [0.1, 0.15) is 11.4 Å². The van der Waals surface area contributed by atoms with E-state index in [1.807, 2.05) is 12.1 Å². The number of carbonyl (C=O) groups is 3. The molecule has 1 aliphatic rings.